The molecule has 1 heterocycles. The van der Waals surface area contributed by atoms with Crippen LogP contribution in [0.4, 0.5) is 11.4 Å². The van der Waals surface area contributed by atoms with Gasteiger partial charge in [-0.1, -0.05) is 12.1 Å². The van der Waals surface area contributed by atoms with E-state index < -0.39 is 10.0 Å². The van der Waals surface area contributed by atoms with Gasteiger partial charge in [0, 0.05) is 12.6 Å². The minimum absolute atomic E-state index is 0.0606. The lowest BCUT2D eigenvalue weighted by molar-refractivity contribution is -0.114. The average molecular weight is 358 g/mol. The maximum absolute atomic E-state index is 12.6. The van der Waals surface area contributed by atoms with E-state index in [1.165, 1.54) is 36.1 Å². The molecular weight excluding hydrogens is 344 g/mol. The van der Waals surface area contributed by atoms with Crippen molar-refractivity contribution < 1.29 is 13.2 Å². The molecule has 0 saturated carbocycles. The molecule has 25 heavy (non-hydrogen) atoms. The average Bonchev–Trinajstić information content (AvgIpc) is 3.09. The van der Waals surface area contributed by atoms with Gasteiger partial charge in [-0.05, 0) is 46.8 Å². The molecule has 10 heteroatoms. The summed E-state index contributed by atoms with van der Waals surface area (Å²) in [5.74, 6) is -0.242. The highest BCUT2D eigenvalue weighted by atomic mass is 32.2. The second-order valence-corrected chi connectivity index (χ2v) is 6.80. The van der Waals surface area contributed by atoms with E-state index >= 15 is 0 Å². The molecule has 2 aromatic carbocycles. The number of benzene rings is 2. The minimum atomic E-state index is -3.82. The van der Waals surface area contributed by atoms with E-state index in [1.54, 1.807) is 30.3 Å². The number of hydrogen-bond acceptors (Lipinski definition) is 6. The van der Waals surface area contributed by atoms with E-state index in [2.05, 4.69) is 25.6 Å². The summed E-state index contributed by atoms with van der Waals surface area (Å²) in [5, 5.41) is 13.4. The zero-order valence-electron chi connectivity index (χ0n) is 13.1. The molecule has 2 N–H and O–H groups in total. The Labute approximate surface area is 143 Å². The number of nitrogens with zero attached hydrogens (tertiary/aromatic N) is 4. The summed E-state index contributed by atoms with van der Waals surface area (Å²) >= 11 is 0. The van der Waals surface area contributed by atoms with E-state index in [-0.39, 0.29) is 10.8 Å². The van der Waals surface area contributed by atoms with Crippen LogP contribution in [0.1, 0.15) is 6.92 Å². The highest BCUT2D eigenvalue weighted by molar-refractivity contribution is 7.92. The van der Waals surface area contributed by atoms with Crippen LogP contribution in [-0.4, -0.2) is 34.5 Å². The first-order valence-corrected chi connectivity index (χ1v) is 8.66. The zero-order chi connectivity index (χ0) is 17.9. The van der Waals surface area contributed by atoms with Gasteiger partial charge in [-0.25, -0.2) is 13.1 Å². The molecule has 0 spiro atoms. The Hall–Kier alpha value is -3.27. The Morgan fingerprint density at radius 2 is 1.84 bits per heavy atom. The Morgan fingerprint density at radius 3 is 2.56 bits per heavy atom. The van der Waals surface area contributed by atoms with Crippen molar-refractivity contribution in [3.63, 3.8) is 0 Å². The van der Waals surface area contributed by atoms with E-state index in [4.69, 9.17) is 0 Å². The fraction of sp³-hybridized carbons (Fsp3) is 0.0667. The fourth-order valence-corrected chi connectivity index (χ4v) is 3.24. The number of carbonyl (C=O) groups is 1. The first-order valence-electron chi connectivity index (χ1n) is 7.18. The van der Waals surface area contributed by atoms with Gasteiger partial charge in [-0.3, -0.25) is 9.52 Å². The highest BCUT2D eigenvalue weighted by Gasteiger charge is 2.15. The molecule has 0 fully saturated rings. The van der Waals surface area contributed by atoms with Gasteiger partial charge >= 0.3 is 0 Å². The van der Waals surface area contributed by atoms with Crippen LogP contribution < -0.4 is 10.0 Å². The lowest BCUT2D eigenvalue weighted by Crippen LogP contribution is -2.14. The predicted molar refractivity (Wildman–Crippen MR) is 90.7 cm³/mol. The zero-order valence-corrected chi connectivity index (χ0v) is 13.9. The number of amides is 1. The molecule has 0 aliphatic rings. The molecule has 0 aliphatic heterocycles. The normalized spacial score (nSPS) is 11.1. The number of hydrogen-bond donors (Lipinski definition) is 2. The maximum atomic E-state index is 12.6. The Bertz CT molecular complexity index is 1000. The van der Waals surface area contributed by atoms with Crippen molar-refractivity contribution in [1.29, 1.82) is 0 Å². The predicted octanol–water partition coefficient (Wildman–Crippen LogP) is 1.42. The molecule has 1 aromatic heterocycles. The molecular formula is C15H14N6O3S. The number of tetrazole rings is 1. The Kier molecular flexibility index (Phi) is 4.44. The van der Waals surface area contributed by atoms with Crippen LogP contribution in [-0.2, 0) is 14.8 Å². The van der Waals surface area contributed by atoms with Gasteiger partial charge in [0.2, 0.25) is 5.91 Å². The quantitative estimate of drug-likeness (QED) is 0.712. The van der Waals surface area contributed by atoms with Crippen molar-refractivity contribution in [3.05, 3.63) is 54.9 Å². The van der Waals surface area contributed by atoms with Crippen LogP contribution in [0, 0.1) is 0 Å². The molecule has 128 valence electrons. The first kappa shape index (κ1) is 16.6. The van der Waals surface area contributed by atoms with Gasteiger partial charge in [0.25, 0.3) is 10.0 Å². The summed E-state index contributed by atoms with van der Waals surface area (Å²) in [6.07, 6.45) is 1.37. The van der Waals surface area contributed by atoms with Gasteiger partial charge in [0.1, 0.15) is 6.33 Å². The number of anilines is 2. The number of sulfonamides is 1. The molecule has 0 atom stereocenters. The van der Waals surface area contributed by atoms with Gasteiger partial charge in [0.05, 0.1) is 16.3 Å². The molecule has 9 nitrogen and oxygen atoms in total. The van der Waals surface area contributed by atoms with Crippen molar-refractivity contribution >= 4 is 27.3 Å². The summed E-state index contributed by atoms with van der Waals surface area (Å²) < 4.78 is 29.0. The van der Waals surface area contributed by atoms with Gasteiger partial charge in [-0.2, -0.15) is 0 Å². The summed E-state index contributed by atoms with van der Waals surface area (Å²) in [4.78, 5) is 11.2. The third-order valence-corrected chi connectivity index (χ3v) is 4.56. The monoisotopic (exact) mass is 358 g/mol. The van der Waals surface area contributed by atoms with Gasteiger partial charge < -0.3 is 5.32 Å². The van der Waals surface area contributed by atoms with Crippen LogP contribution >= 0.6 is 0 Å². The minimum Gasteiger partial charge on any atom is -0.326 e. The summed E-state index contributed by atoms with van der Waals surface area (Å²) in [6, 6.07) is 12.6. The van der Waals surface area contributed by atoms with Crippen molar-refractivity contribution in [1.82, 2.24) is 20.2 Å². The van der Waals surface area contributed by atoms with Crippen molar-refractivity contribution in [2.75, 3.05) is 10.0 Å². The van der Waals surface area contributed by atoms with E-state index in [9.17, 15) is 13.2 Å². The van der Waals surface area contributed by atoms with Crippen LogP contribution in [0.2, 0.25) is 0 Å². The van der Waals surface area contributed by atoms with Crippen LogP contribution in [0.25, 0.3) is 5.69 Å². The SMILES string of the molecule is CC(=O)Nc1cccc(NS(=O)(=O)c2cccc(-n3cnnn3)c2)c1. The molecule has 1 amide bonds. The summed E-state index contributed by atoms with van der Waals surface area (Å²) in [6.45, 7) is 1.38. The van der Waals surface area contributed by atoms with Crippen molar-refractivity contribution in [2.45, 2.75) is 11.8 Å². The van der Waals surface area contributed by atoms with E-state index in [0.717, 1.165) is 0 Å². The second kappa shape index (κ2) is 6.69. The Balaban J connectivity index is 1.87. The van der Waals surface area contributed by atoms with Crippen molar-refractivity contribution in [2.24, 2.45) is 0 Å². The summed E-state index contributed by atoms with van der Waals surface area (Å²) in [5.41, 5.74) is 1.34. The standard InChI is InChI=1S/C15H14N6O3S/c1-11(22)17-12-4-2-5-13(8-12)18-25(23,24)15-7-3-6-14(9-15)21-10-16-19-20-21/h2-10,18H,1H3,(H,17,22). The van der Waals surface area contributed by atoms with Gasteiger partial charge in [-0.15, -0.1) is 5.10 Å². The molecule has 0 unspecified atom stereocenters. The number of rotatable bonds is 5. The van der Waals surface area contributed by atoms with Crippen LogP contribution in [0.5, 0.6) is 0 Å². The summed E-state index contributed by atoms with van der Waals surface area (Å²) in [7, 11) is -3.82. The lowest BCUT2D eigenvalue weighted by Gasteiger charge is -2.10. The molecule has 3 rings (SSSR count). The lowest BCUT2D eigenvalue weighted by atomic mass is 10.3. The van der Waals surface area contributed by atoms with Crippen LogP contribution in [0.15, 0.2) is 59.8 Å². The maximum Gasteiger partial charge on any atom is 0.261 e. The molecule has 0 aliphatic carbocycles. The second-order valence-electron chi connectivity index (χ2n) is 5.12. The number of aromatic nitrogens is 4. The molecule has 0 bridgehead atoms. The number of nitrogens with one attached hydrogen (secondary N) is 2. The molecule has 0 radical (unpaired) electrons. The van der Waals surface area contributed by atoms with Gasteiger partial charge in [0.15, 0.2) is 0 Å². The third-order valence-electron chi connectivity index (χ3n) is 3.18. The first-order chi connectivity index (χ1) is 11.9. The molecule has 3 aromatic rings. The smallest absolute Gasteiger partial charge is 0.261 e. The fourth-order valence-electron chi connectivity index (χ4n) is 2.15. The van der Waals surface area contributed by atoms with E-state index in [1.807, 2.05) is 0 Å². The Morgan fingerprint density at radius 1 is 1.08 bits per heavy atom. The molecule has 0 saturated heterocycles. The largest absolute Gasteiger partial charge is 0.326 e. The topological polar surface area (TPSA) is 119 Å². The van der Waals surface area contributed by atoms with Crippen LogP contribution in [0.3, 0.4) is 0 Å². The number of carbonyl (C=O) groups excluding carboxylic acids is 1. The third kappa shape index (κ3) is 3.98. The van der Waals surface area contributed by atoms with Crippen molar-refractivity contribution in [3.8, 4) is 5.69 Å². The highest BCUT2D eigenvalue weighted by Crippen LogP contribution is 2.21. The van der Waals surface area contributed by atoms with E-state index in [0.29, 0.717) is 17.1 Å².